The lowest BCUT2D eigenvalue weighted by Gasteiger charge is -2.26. The van der Waals surface area contributed by atoms with Crippen molar-refractivity contribution in [1.29, 1.82) is 0 Å². The SMILES string of the molecule is CCOc1ccc(N2C(=O)NC(=O)/C(=C\c3ccc(OS(=O)(=O)c4ccc(Cl)cc4)c(OC)c3)C2=O)cc1. The molecule has 0 atom stereocenters. The molecule has 4 rings (SSSR count). The number of nitrogens with zero attached hydrogens (tertiary/aromatic N) is 1. The molecular formula is C26H21ClN2O8S. The Kier molecular flexibility index (Phi) is 7.70. The van der Waals surface area contributed by atoms with E-state index in [9.17, 15) is 22.8 Å². The Balaban J connectivity index is 1.62. The van der Waals surface area contributed by atoms with Crippen molar-refractivity contribution in [2.45, 2.75) is 11.8 Å². The topological polar surface area (TPSA) is 128 Å². The second-order valence-electron chi connectivity index (χ2n) is 7.79. The molecule has 196 valence electrons. The molecule has 4 amide bonds. The Morgan fingerprint density at radius 3 is 2.26 bits per heavy atom. The van der Waals surface area contributed by atoms with Gasteiger partial charge in [0.05, 0.1) is 19.4 Å². The second kappa shape index (κ2) is 11.0. The molecule has 10 nitrogen and oxygen atoms in total. The van der Waals surface area contributed by atoms with Gasteiger partial charge in [-0.2, -0.15) is 8.42 Å². The summed E-state index contributed by atoms with van der Waals surface area (Å²) in [7, 11) is -2.89. The summed E-state index contributed by atoms with van der Waals surface area (Å²) in [6, 6.07) is 14.9. The molecule has 3 aromatic carbocycles. The molecule has 0 aromatic heterocycles. The number of hydrogen-bond acceptors (Lipinski definition) is 8. The van der Waals surface area contributed by atoms with Gasteiger partial charge in [-0.25, -0.2) is 9.69 Å². The summed E-state index contributed by atoms with van der Waals surface area (Å²) in [4.78, 5) is 38.8. The van der Waals surface area contributed by atoms with Crippen LogP contribution in [-0.4, -0.2) is 40.0 Å². The van der Waals surface area contributed by atoms with Crippen LogP contribution >= 0.6 is 11.6 Å². The summed E-state index contributed by atoms with van der Waals surface area (Å²) < 4.78 is 41.2. The number of methoxy groups -OCH3 is 1. The van der Waals surface area contributed by atoms with E-state index < -0.39 is 28.0 Å². The van der Waals surface area contributed by atoms with Crippen LogP contribution in [0, 0.1) is 0 Å². The number of anilines is 1. The predicted octanol–water partition coefficient (Wildman–Crippen LogP) is 4.18. The van der Waals surface area contributed by atoms with Gasteiger partial charge in [0.1, 0.15) is 16.2 Å². The van der Waals surface area contributed by atoms with Gasteiger partial charge < -0.3 is 13.7 Å². The smallest absolute Gasteiger partial charge is 0.339 e. The van der Waals surface area contributed by atoms with E-state index in [0.717, 1.165) is 4.90 Å². The van der Waals surface area contributed by atoms with Crippen LogP contribution in [0.3, 0.4) is 0 Å². The van der Waals surface area contributed by atoms with Crippen LogP contribution in [0.4, 0.5) is 10.5 Å². The number of urea groups is 1. The zero-order valence-corrected chi connectivity index (χ0v) is 21.7. The lowest BCUT2D eigenvalue weighted by Crippen LogP contribution is -2.54. The van der Waals surface area contributed by atoms with Crippen molar-refractivity contribution in [3.63, 3.8) is 0 Å². The maximum Gasteiger partial charge on any atom is 0.339 e. The third kappa shape index (κ3) is 5.63. The van der Waals surface area contributed by atoms with Gasteiger partial charge in [0, 0.05) is 5.02 Å². The van der Waals surface area contributed by atoms with Gasteiger partial charge in [0.15, 0.2) is 11.5 Å². The number of ether oxygens (including phenoxy) is 2. The maximum atomic E-state index is 13.2. The zero-order valence-electron chi connectivity index (χ0n) is 20.1. The number of carbonyl (C=O) groups is 3. The summed E-state index contributed by atoms with van der Waals surface area (Å²) in [5, 5.41) is 2.51. The van der Waals surface area contributed by atoms with Gasteiger partial charge in [-0.05, 0) is 79.2 Å². The first-order valence-corrected chi connectivity index (χ1v) is 12.9. The third-order valence-corrected chi connectivity index (χ3v) is 6.81. The average Bonchev–Trinajstić information content (AvgIpc) is 2.88. The average molecular weight is 557 g/mol. The molecular weight excluding hydrogens is 536 g/mol. The van der Waals surface area contributed by atoms with Crippen LogP contribution in [0.1, 0.15) is 12.5 Å². The molecule has 0 unspecified atom stereocenters. The molecule has 1 N–H and O–H groups in total. The largest absolute Gasteiger partial charge is 0.494 e. The van der Waals surface area contributed by atoms with E-state index in [4.69, 9.17) is 25.3 Å². The Bertz CT molecular complexity index is 1530. The highest BCUT2D eigenvalue weighted by Gasteiger charge is 2.37. The number of barbiturate groups is 1. The fraction of sp³-hybridized carbons (Fsp3) is 0.115. The molecule has 0 aliphatic carbocycles. The van der Waals surface area contributed by atoms with Crippen LogP contribution in [0.25, 0.3) is 6.08 Å². The van der Waals surface area contributed by atoms with Crippen LogP contribution in [0.15, 0.2) is 77.2 Å². The highest BCUT2D eigenvalue weighted by Crippen LogP contribution is 2.32. The lowest BCUT2D eigenvalue weighted by atomic mass is 10.1. The summed E-state index contributed by atoms with van der Waals surface area (Å²) in [5.41, 5.74) is 0.240. The standard InChI is InChI=1S/C26H21ClN2O8S/c1-3-36-19-9-7-18(8-10-19)29-25(31)21(24(30)28-26(29)32)14-16-4-13-22(23(15-16)35-2)37-38(33,34)20-11-5-17(27)6-12-20/h4-15H,3H2,1-2H3,(H,28,30,32)/b21-14+. The number of benzene rings is 3. The van der Waals surface area contributed by atoms with E-state index in [1.807, 2.05) is 6.92 Å². The molecule has 0 radical (unpaired) electrons. The van der Waals surface area contributed by atoms with Gasteiger partial charge >= 0.3 is 16.1 Å². The fourth-order valence-corrected chi connectivity index (χ4v) is 4.59. The summed E-state index contributed by atoms with van der Waals surface area (Å²) in [6.45, 7) is 2.27. The minimum absolute atomic E-state index is 0.0278. The van der Waals surface area contributed by atoms with Gasteiger partial charge in [0.25, 0.3) is 11.8 Å². The summed E-state index contributed by atoms with van der Waals surface area (Å²) in [5.74, 6) is -1.25. The summed E-state index contributed by atoms with van der Waals surface area (Å²) >= 11 is 5.82. The Morgan fingerprint density at radius 1 is 0.947 bits per heavy atom. The van der Waals surface area contributed by atoms with Crippen LogP contribution in [-0.2, 0) is 19.7 Å². The number of halogens is 1. The van der Waals surface area contributed by atoms with Gasteiger partial charge in [-0.3, -0.25) is 14.9 Å². The maximum absolute atomic E-state index is 13.2. The molecule has 1 saturated heterocycles. The van der Waals surface area contributed by atoms with Crippen molar-refractivity contribution in [2.75, 3.05) is 18.6 Å². The molecule has 0 bridgehead atoms. The molecule has 12 heteroatoms. The molecule has 1 heterocycles. The molecule has 1 fully saturated rings. The minimum atomic E-state index is -4.20. The number of amides is 4. The molecule has 38 heavy (non-hydrogen) atoms. The molecule has 3 aromatic rings. The van der Waals surface area contributed by atoms with E-state index >= 15 is 0 Å². The number of imide groups is 2. The van der Waals surface area contributed by atoms with E-state index in [1.165, 1.54) is 67.8 Å². The normalized spacial score (nSPS) is 14.9. The summed E-state index contributed by atoms with van der Waals surface area (Å²) in [6.07, 6.45) is 1.26. The van der Waals surface area contributed by atoms with Crippen LogP contribution in [0.2, 0.25) is 5.02 Å². The lowest BCUT2D eigenvalue weighted by molar-refractivity contribution is -0.122. The first-order chi connectivity index (χ1) is 18.1. The quantitative estimate of drug-likeness (QED) is 0.248. The number of carbonyl (C=O) groups excluding carboxylic acids is 3. The molecule has 0 spiro atoms. The van der Waals surface area contributed by atoms with Crippen molar-refractivity contribution in [1.82, 2.24) is 5.32 Å². The van der Waals surface area contributed by atoms with E-state index in [2.05, 4.69) is 5.32 Å². The molecule has 1 aliphatic heterocycles. The van der Waals surface area contributed by atoms with Crippen molar-refractivity contribution in [2.24, 2.45) is 0 Å². The highest BCUT2D eigenvalue weighted by atomic mass is 35.5. The first kappa shape index (κ1) is 26.7. The number of nitrogens with one attached hydrogen (secondary N) is 1. The van der Waals surface area contributed by atoms with Gasteiger partial charge in [0.2, 0.25) is 0 Å². The van der Waals surface area contributed by atoms with E-state index in [-0.39, 0.29) is 27.7 Å². The second-order valence-corrected chi connectivity index (χ2v) is 9.77. The highest BCUT2D eigenvalue weighted by molar-refractivity contribution is 7.87. The monoisotopic (exact) mass is 556 g/mol. The predicted molar refractivity (Wildman–Crippen MR) is 139 cm³/mol. The molecule has 1 aliphatic rings. The number of hydrogen-bond donors (Lipinski definition) is 1. The Labute approximate surface area is 223 Å². The Morgan fingerprint density at radius 2 is 1.63 bits per heavy atom. The van der Waals surface area contributed by atoms with E-state index in [0.29, 0.717) is 22.9 Å². The van der Waals surface area contributed by atoms with Crippen molar-refractivity contribution >= 4 is 51.3 Å². The van der Waals surface area contributed by atoms with Gasteiger partial charge in [-0.15, -0.1) is 0 Å². The van der Waals surface area contributed by atoms with Crippen molar-refractivity contribution < 1.29 is 36.5 Å². The first-order valence-electron chi connectivity index (χ1n) is 11.2. The molecule has 0 saturated carbocycles. The van der Waals surface area contributed by atoms with Crippen LogP contribution in [0.5, 0.6) is 17.2 Å². The third-order valence-electron chi connectivity index (χ3n) is 5.31. The fourth-order valence-electron chi connectivity index (χ4n) is 3.53. The van der Waals surface area contributed by atoms with Gasteiger partial charge in [-0.1, -0.05) is 17.7 Å². The van der Waals surface area contributed by atoms with Crippen molar-refractivity contribution in [3.05, 3.63) is 82.9 Å². The van der Waals surface area contributed by atoms with Crippen molar-refractivity contribution in [3.8, 4) is 17.2 Å². The minimum Gasteiger partial charge on any atom is -0.494 e. The zero-order chi connectivity index (χ0) is 27.4. The number of rotatable bonds is 8. The Hall–Kier alpha value is -4.35. The van der Waals surface area contributed by atoms with Crippen LogP contribution < -0.4 is 23.9 Å². The van der Waals surface area contributed by atoms with E-state index in [1.54, 1.807) is 12.1 Å².